The summed E-state index contributed by atoms with van der Waals surface area (Å²) < 4.78 is 11.0. The van der Waals surface area contributed by atoms with Gasteiger partial charge in [-0.2, -0.15) is 0 Å². The van der Waals surface area contributed by atoms with E-state index >= 15 is 0 Å². The van der Waals surface area contributed by atoms with Crippen LogP contribution in [0.2, 0.25) is 0 Å². The fraction of sp³-hybridized carbons (Fsp3) is 0.700. The maximum absolute atomic E-state index is 5.75. The van der Waals surface area contributed by atoms with Gasteiger partial charge in [0.2, 0.25) is 0 Å². The van der Waals surface area contributed by atoms with Crippen LogP contribution < -0.4 is 0 Å². The smallest absolute Gasteiger partial charge is 0.119 e. The lowest BCUT2D eigenvalue weighted by Crippen LogP contribution is -2.23. The molecule has 0 spiro atoms. The van der Waals surface area contributed by atoms with E-state index in [1.807, 2.05) is 5.38 Å². The first-order valence-corrected chi connectivity index (χ1v) is 6.48. The van der Waals surface area contributed by atoms with E-state index in [0.717, 1.165) is 36.8 Å². The van der Waals surface area contributed by atoms with Crippen LogP contribution >= 0.6 is 22.9 Å². The molecule has 1 fully saturated rings. The highest BCUT2D eigenvalue weighted by Crippen LogP contribution is 2.16. The van der Waals surface area contributed by atoms with Crippen LogP contribution in [0.3, 0.4) is 0 Å². The monoisotopic (exact) mass is 247 g/mol. The third-order valence-electron chi connectivity index (χ3n) is 2.35. The van der Waals surface area contributed by atoms with Crippen molar-refractivity contribution in [2.45, 2.75) is 31.4 Å². The van der Waals surface area contributed by atoms with Crippen LogP contribution in [0, 0.1) is 0 Å². The first kappa shape index (κ1) is 11.3. The van der Waals surface area contributed by atoms with Crippen LogP contribution in [0.1, 0.15) is 23.5 Å². The molecule has 5 heteroatoms. The largest absolute Gasteiger partial charge is 0.381 e. The Bertz CT molecular complexity index is 299. The highest BCUT2D eigenvalue weighted by atomic mass is 35.5. The zero-order valence-electron chi connectivity index (χ0n) is 8.45. The van der Waals surface area contributed by atoms with E-state index in [9.17, 15) is 0 Å². The SMILES string of the molecule is ClCc1csc(COC2CCOCC2)n1. The Kier molecular flexibility index (Phi) is 4.38. The zero-order valence-corrected chi connectivity index (χ0v) is 10.0. The van der Waals surface area contributed by atoms with Crippen LogP contribution in [0.5, 0.6) is 0 Å². The molecule has 0 N–H and O–H groups in total. The van der Waals surface area contributed by atoms with Gasteiger partial charge >= 0.3 is 0 Å². The molecule has 0 aromatic carbocycles. The molecule has 0 aliphatic carbocycles. The van der Waals surface area contributed by atoms with Crippen molar-refractivity contribution in [3.8, 4) is 0 Å². The van der Waals surface area contributed by atoms with Gasteiger partial charge in [-0.1, -0.05) is 0 Å². The summed E-state index contributed by atoms with van der Waals surface area (Å²) in [7, 11) is 0. The Hall–Kier alpha value is -0.160. The maximum Gasteiger partial charge on any atom is 0.119 e. The molecule has 84 valence electrons. The summed E-state index contributed by atoms with van der Waals surface area (Å²) in [5.41, 5.74) is 0.937. The summed E-state index contributed by atoms with van der Waals surface area (Å²) in [6.45, 7) is 2.23. The lowest BCUT2D eigenvalue weighted by Gasteiger charge is -2.21. The van der Waals surface area contributed by atoms with Gasteiger partial charge in [-0.25, -0.2) is 4.98 Å². The molecule has 1 aromatic rings. The summed E-state index contributed by atoms with van der Waals surface area (Å²) >= 11 is 7.29. The van der Waals surface area contributed by atoms with Gasteiger partial charge in [0.25, 0.3) is 0 Å². The highest BCUT2D eigenvalue weighted by Gasteiger charge is 2.14. The van der Waals surface area contributed by atoms with Crippen molar-refractivity contribution in [2.75, 3.05) is 13.2 Å². The molecular weight excluding hydrogens is 234 g/mol. The predicted molar refractivity (Wildman–Crippen MR) is 60.3 cm³/mol. The molecule has 1 aromatic heterocycles. The van der Waals surface area contributed by atoms with E-state index in [1.165, 1.54) is 0 Å². The second-order valence-corrected chi connectivity index (χ2v) is 4.70. The average molecular weight is 248 g/mol. The fourth-order valence-electron chi connectivity index (χ4n) is 1.51. The van der Waals surface area contributed by atoms with Gasteiger partial charge in [0.1, 0.15) is 5.01 Å². The molecular formula is C10H14ClNO2S. The van der Waals surface area contributed by atoms with Gasteiger partial charge in [0.15, 0.2) is 0 Å². The molecule has 1 aliphatic heterocycles. The molecule has 1 saturated heterocycles. The highest BCUT2D eigenvalue weighted by molar-refractivity contribution is 7.09. The third-order valence-corrected chi connectivity index (χ3v) is 3.49. The van der Waals surface area contributed by atoms with Crippen molar-refractivity contribution >= 4 is 22.9 Å². The molecule has 2 heterocycles. The van der Waals surface area contributed by atoms with Crippen molar-refractivity contribution in [3.63, 3.8) is 0 Å². The fourth-order valence-corrected chi connectivity index (χ4v) is 2.45. The van der Waals surface area contributed by atoms with E-state index in [1.54, 1.807) is 11.3 Å². The minimum Gasteiger partial charge on any atom is -0.381 e. The Labute approximate surface area is 98.4 Å². The van der Waals surface area contributed by atoms with Gasteiger partial charge < -0.3 is 9.47 Å². The van der Waals surface area contributed by atoms with Crippen molar-refractivity contribution in [1.29, 1.82) is 0 Å². The number of thiazole rings is 1. The standard InChI is InChI=1S/C10H14ClNO2S/c11-5-8-7-15-10(12-8)6-14-9-1-3-13-4-2-9/h7,9H,1-6H2. The minimum absolute atomic E-state index is 0.335. The van der Waals surface area contributed by atoms with Crippen LogP contribution in [-0.2, 0) is 22.0 Å². The Balaban J connectivity index is 1.76. The Morgan fingerprint density at radius 3 is 3.00 bits per heavy atom. The van der Waals surface area contributed by atoms with Gasteiger partial charge in [-0.3, -0.25) is 0 Å². The number of halogens is 1. The Morgan fingerprint density at radius 1 is 1.53 bits per heavy atom. The third kappa shape index (κ3) is 3.41. The topological polar surface area (TPSA) is 31.4 Å². The molecule has 0 saturated carbocycles. The van der Waals surface area contributed by atoms with E-state index in [-0.39, 0.29) is 0 Å². The van der Waals surface area contributed by atoms with Gasteiger partial charge in [-0.05, 0) is 12.8 Å². The molecule has 0 amide bonds. The molecule has 0 atom stereocenters. The van der Waals surface area contributed by atoms with E-state index in [2.05, 4.69) is 4.98 Å². The molecule has 15 heavy (non-hydrogen) atoms. The van der Waals surface area contributed by atoms with E-state index < -0.39 is 0 Å². The number of hydrogen-bond donors (Lipinski definition) is 0. The van der Waals surface area contributed by atoms with Crippen LogP contribution in [0.25, 0.3) is 0 Å². The normalized spacial score (nSPS) is 18.2. The molecule has 0 radical (unpaired) electrons. The first-order chi connectivity index (χ1) is 7.38. The molecule has 1 aliphatic rings. The Morgan fingerprint density at radius 2 is 2.33 bits per heavy atom. The van der Waals surface area contributed by atoms with Crippen LogP contribution in [0.4, 0.5) is 0 Å². The number of aromatic nitrogens is 1. The summed E-state index contributed by atoms with van der Waals surface area (Å²) in [6.07, 6.45) is 2.32. The summed E-state index contributed by atoms with van der Waals surface area (Å²) in [4.78, 5) is 4.34. The quantitative estimate of drug-likeness (QED) is 0.767. The number of nitrogens with zero attached hydrogens (tertiary/aromatic N) is 1. The molecule has 3 nitrogen and oxygen atoms in total. The number of rotatable bonds is 4. The lowest BCUT2D eigenvalue weighted by molar-refractivity contribution is -0.0391. The van der Waals surface area contributed by atoms with Crippen molar-refractivity contribution in [3.05, 3.63) is 16.1 Å². The van der Waals surface area contributed by atoms with Crippen LogP contribution in [-0.4, -0.2) is 24.3 Å². The predicted octanol–water partition coefficient (Wildman–Crippen LogP) is 2.58. The van der Waals surface area contributed by atoms with Gasteiger partial charge in [0, 0.05) is 18.6 Å². The maximum atomic E-state index is 5.75. The van der Waals surface area contributed by atoms with E-state index in [0.29, 0.717) is 18.6 Å². The number of hydrogen-bond acceptors (Lipinski definition) is 4. The summed E-state index contributed by atoms with van der Waals surface area (Å²) in [6, 6.07) is 0. The number of ether oxygens (including phenoxy) is 2. The van der Waals surface area contributed by atoms with Crippen molar-refractivity contribution in [1.82, 2.24) is 4.98 Å². The summed E-state index contributed by atoms with van der Waals surface area (Å²) in [5, 5.41) is 2.99. The van der Waals surface area contributed by atoms with E-state index in [4.69, 9.17) is 21.1 Å². The van der Waals surface area contributed by atoms with Crippen molar-refractivity contribution < 1.29 is 9.47 Å². The minimum atomic E-state index is 0.335. The second kappa shape index (κ2) is 5.80. The van der Waals surface area contributed by atoms with Gasteiger partial charge in [-0.15, -0.1) is 22.9 Å². The van der Waals surface area contributed by atoms with Gasteiger partial charge in [0.05, 0.1) is 24.3 Å². The molecule has 0 bridgehead atoms. The second-order valence-electron chi connectivity index (χ2n) is 3.49. The van der Waals surface area contributed by atoms with Crippen LogP contribution in [0.15, 0.2) is 5.38 Å². The zero-order chi connectivity index (χ0) is 10.5. The lowest BCUT2D eigenvalue weighted by atomic mass is 10.2. The van der Waals surface area contributed by atoms with Crippen molar-refractivity contribution in [2.24, 2.45) is 0 Å². The molecule has 0 unspecified atom stereocenters. The first-order valence-electron chi connectivity index (χ1n) is 5.07. The number of alkyl halides is 1. The summed E-state index contributed by atoms with van der Waals surface area (Å²) in [5.74, 6) is 0.480. The average Bonchev–Trinajstić information content (AvgIpc) is 2.76. The molecule has 2 rings (SSSR count).